The van der Waals surface area contributed by atoms with Gasteiger partial charge in [-0.15, -0.1) is 0 Å². The fourth-order valence-electron chi connectivity index (χ4n) is 3.67. The van der Waals surface area contributed by atoms with Gasteiger partial charge in [-0.3, -0.25) is 4.79 Å². The van der Waals surface area contributed by atoms with E-state index in [-0.39, 0.29) is 12.5 Å². The van der Waals surface area contributed by atoms with Gasteiger partial charge < -0.3 is 14.5 Å². The summed E-state index contributed by atoms with van der Waals surface area (Å²) in [7, 11) is 0. The van der Waals surface area contributed by atoms with Gasteiger partial charge in [0.15, 0.2) is 6.61 Å². The topological polar surface area (TPSA) is 45.7 Å². The molecule has 0 spiro atoms. The fraction of sp³-hybridized carbons (Fsp3) is 0.304. The predicted molar refractivity (Wildman–Crippen MR) is 112 cm³/mol. The minimum Gasteiger partial charge on any atom is -0.484 e. The van der Waals surface area contributed by atoms with E-state index in [1.807, 2.05) is 49.1 Å². The summed E-state index contributed by atoms with van der Waals surface area (Å²) < 4.78 is 5.73. The second-order valence-electron chi connectivity index (χ2n) is 7.34. The molecule has 1 aliphatic rings. The molecule has 3 aromatic rings. The van der Waals surface area contributed by atoms with E-state index in [1.54, 1.807) is 0 Å². The van der Waals surface area contributed by atoms with Crippen LogP contribution in [-0.4, -0.2) is 48.6 Å². The summed E-state index contributed by atoms with van der Waals surface area (Å²) in [5.74, 6) is 1.76. The molecule has 0 bridgehead atoms. The van der Waals surface area contributed by atoms with E-state index in [0.29, 0.717) is 13.1 Å². The lowest BCUT2D eigenvalue weighted by Gasteiger charge is -2.35. The minimum absolute atomic E-state index is 0.0327. The number of carbonyl (C=O) groups is 1. The zero-order valence-electron chi connectivity index (χ0n) is 16.4. The molecule has 1 saturated heterocycles. The van der Waals surface area contributed by atoms with Crippen molar-refractivity contribution < 1.29 is 9.53 Å². The second kappa shape index (κ2) is 7.89. The predicted octanol–water partition coefficient (Wildman–Crippen LogP) is 3.58. The molecule has 4 rings (SSSR count). The van der Waals surface area contributed by atoms with Crippen molar-refractivity contribution in [3.63, 3.8) is 0 Å². The standard InChI is InChI=1S/C23H25N3O2/c1-17-13-18(2)15-20(14-17)28-16-23(27)26-11-9-25(10-12-26)22-8-7-19-5-3-4-6-21(19)24-22/h3-8,13-15H,9-12,16H2,1-2H3. The van der Waals surface area contributed by atoms with E-state index in [0.717, 1.165) is 46.7 Å². The van der Waals surface area contributed by atoms with Crippen molar-refractivity contribution in [2.45, 2.75) is 13.8 Å². The zero-order chi connectivity index (χ0) is 19.5. The third kappa shape index (κ3) is 4.09. The zero-order valence-corrected chi connectivity index (χ0v) is 16.4. The van der Waals surface area contributed by atoms with Crippen LogP contribution >= 0.6 is 0 Å². The Morgan fingerprint density at radius 2 is 1.68 bits per heavy atom. The van der Waals surface area contributed by atoms with Crippen LogP contribution in [0.4, 0.5) is 5.82 Å². The summed E-state index contributed by atoms with van der Waals surface area (Å²) in [4.78, 5) is 21.4. The van der Waals surface area contributed by atoms with Crippen LogP contribution in [0, 0.1) is 13.8 Å². The SMILES string of the molecule is Cc1cc(C)cc(OCC(=O)N2CCN(c3ccc4ccccc4n3)CC2)c1. The molecule has 0 unspecified atom stereocenters. The number of anilines is 1. The Morgan fingerprint density at radius 1 is 0.964 bits per heavy atom. The Hall–Kier alpha value is -3.08. The van der Waals surface area contributed by atoms with Gasteiger partial charge in [0.25, 0.3) is 5.91 Å². The Labute approximate surface area is 165 Å². The van der Waals surface area contributed by atoms with Gasteiger partial charge in [0.1, 0.15) is 11.6 Å². The average molecular weight is 375 g/mol. The van der Waals surface area contributed by atoms with Crippen LogP contribution in [0.15, 0.2) is 54.6 Å². The summed E-state index contributed by atoms with van der Waals surface area (Å²) in [6, 6.07) is 18.3. The maximum atomic E-state index is 12.5. The second-order valence-corrected chi connectivity index (χ2v) is 7.34. The monoisotopic (exact) mass is 375 g/mol. The smallest absolute Gasteiger partial charge is 0.260 e. The highest BCUT2D eigenvalue weighted by atomic mass is 16.5. The van der Waals surface area contributed by atoms with Crippen molar-refractivity contribution in [2.24, 2.45) is 0 Å². The first-order valence-corrected chi connectivity index (χ1v) is 9.68. The molecule has 0 radical (unpaired) electrons. The Kier molecular flexibility index (Phi) is 5.15. The van der Waals surface area contributed by atoms with Gasteiger partial charge in [-0.2, -0.15) is 0 Å². The molecule has 0 aliphatic carbocycles. The first-order valence-electron chi connectivity index (χ1n) is 9.68. The molecule has 0 atom stereocenters. The van der Waals surface area contributed by atoms with Crippen LogP contribution in [0.1, 0.15) is 11.1 Å². The molecular formula is C23H25N3O2. The van der Waals surface area contributed by atoms with Gasteiger partial charge in [-0.05, 0) is 55.3 Å². The van der Waals surface area contributed by atoms with E-state index in [2.05, 4.69) is 29.2 Å². The first-order chi connectivity index (χ1) is 13.6. The Morgan fingerprint density at radius 3 is 2.43 bits per heavy atom. The molecule has 2 heterocycles. The third-order valence-electron chi connectivity index (χ3n) is 5.10. The fourth-order valence-corrected chi connectivity index (χ4v) is 3.67. The van der Waals surface area contributed by atoms with Crippen molar-refractivity contribution in [3.8, 4) is 5.75 Å². The van der Waals surface area contributed by atoms with E-state index < -0.39 is 0 Å². The highest BCUT2D eigenvalue weighted by Gasteiger charge is 2.22. The summed E-state index contributed by atoms with van der Waals surface area (Å²) in [5.41, 5.74) is 3.28. The molecule has 1 fully saturated rings. The van der Waals surface area contributed by atoms with Crippen LogP contribution in [0.3, 0.4) is 0 Å². The highest BCUT2D eigenvalue weighted by Crippen LogP contribution is 2.20. The first kappa shape index (κ1) is 18.3. The number of benzene rings is 2. The largest absolute Gasteiger partial charge is 0.484 e. The number of piperazine rings is 1. The highest BCUT2D eigenvalue weighted by molar-refractivity contribution is 5.80. The molecule has 1 aliphatic heterocycles. The van der Waals surface area contributed by atoms with E-state index in [1.165, 1.54) is 0 Å². The van der Waals surface area contributed by atoms with Gasteiger partial charge in [0.2, 0.25) is 0 Å². The molecule has 1 amide bonds. The van der Waals surface area contributed by atoms with Crippen molar-refractivity contribution >= 4 is 22.6 Å². The number of fused-ring (bicyclic) bond motifs is 1. The Bertz CT molecular complexity index is 974. The number of hydrogen-bond acceptors (Lipinski definition) is 4. The number of rotatable bonds is 4. The normalized spacial score (nSPS) is 14.4. The summed E-state index contributed by atoms with van der Waals surface area (Å²) in [5, 5.41) is 1.14. The number of nitrogens with zero attached hydrogens (tertiary/aromatic N) is 3. The number of pyridine rings is 1. The van der Waals surface area contributed by atoms with Crippen LogP contribution in [0.2, 0.25) is 0 Å². The molecule has 5 heteroatoms. The van der Waals surface area contributed by atoms with Gasteiger partial charge in [0.05, 0.1) is 5.52 Å². The number of para-hydroxylation sites is 1. The van der Waals surface area contributed by atoms with Crippen LogP contribution in [0.25, 0.3) is 10.9 Å². The van der Waals surface area contributed by atoms with Crippen LogP contribution in [0.5, 0.6) is 5.75 Å². The summed E-state index contributed by atoms with van der Waals surface area (Å²) in [6.45, 7) is 7.06. The molecule has 0 N–H and O–H groups in total. The van der Waals surface area contributed by atoms with Crippen molar-refractivity contribution in [1.29, 1.82) is 0 Å². The van der Waals surface area contributed by atoms with Crippen molar-refractivity contribution in [1.82, 2.24) is 9.88 Å². The summed E-state index contributed by atoms with van der Waals surface area (Å²) in [6.07, 6.45) is 0. The van der Waals surface area contributed by atoms with E-state index in [4.69, 9.17) is 9.72 Å². The minimum atomic E-state index is 0.0327. The maximum absolute atomic E-state index is 12.5. The number of aromatic nitrogens is 1. The number of ether oxygens (including phenoxy) is 1. The van der Waals surface area contributed by atoms with E-state index in [9.17, 15) is 4.79 Å². The molecular weight excluding hydrogens is 350 g/mol. The number of amides is 1. The van der Waals surface area contributed by atoms with Gasteiger partial charge in [0, 0.05) is 31.6 Å². The lowest BCUT2D eigenvalue weighted by atomic mass is 10.1. The van der Waals surface area contributed by atoms with Gasteiger partial charge in [-0.25, -0.2) is 4.98 Å². The number of carbonyl (C=O) groups excluding carboxylic acids is 1. The van der Waals surface area contributed by atoms with Gasteiger partial charge >= 0.3 is 0 Å². The molecule has 2 aromatic carbocycles. The van der Waals surface area contributed by atoms with Crippen LogP contribution in [-0.2, 0) is 4.79 Å². The summed E-state index contributed by atoms with van der Waals surface area (Å²) >= 11 is 0. The average Bonchev–Trinajstić information content (AvgIpc) is 2.71. The van der Waals surface area contributed by atoms with Crippen molar-refractivity contribution in [2.75, 3.05) is 37.7 Å². The van der Waals surface area contributed by atoms with Gasteiger partial charge in [-0.1, -0.05) is 24.3 Å². The molecule has 1 aromatic heterocycles. The number of aryl methyl sites for hydroxylation is 2. The molecule has 28 heavy (non-hydrogen) atoms. The lowest BCUT2D eigenvalue weighted by molar-refractivity contribution is -0.133. The Balaban J connectivity index is 1.33. The lowest BCUT2D eigenvalue weighted by Crippen LogP contribution is -2.50. The maximum Gasteiger partial charge on any atom is 0.260 e. The molecule has 0 saturated carbocycles. The van der Waals surface area contributed by atoms with Crippen LogP contribution < -0.4 is 9.64 Å². The van der Waals surface area contributed by atoms with E-state index >= 15 is 0 Å². The third-order valence-corrected chi connectivity index (χ3v) is 5.10. The molecule has 5 nitrogen and oxygen atoms in total. The number of hydrogen-bond donors (Lipinski definition) is 0. The van der Waals surface area contributed by atoms with Crippen molar-refractivity contribution in [3.05, 3.63) is 65.7 Å². The molecule has 144 valence electrons. The quantitative estimate of drug-likeness (QED) is 0.699.